The maximum Gasteiger partial charge on any atom is 0.142 e. The van der Waals surface area contributed by atoms with Crippen molar-refractivity contribution in [3.63, 3.8) is 0 Å². The number of nitrogens with one attached hydrogen (secondary N) is 1. The summed E-state index contributed by atoms with van der Waals surface area (Å²) in [6.45, 7) is 4.66. The zero-order chi connectivity index (χ0) is 11.3. The summed E-state index contributed by atoms with van der Waals surface area (Å²) in [5.41, 5.74) is 1.07. The van der Waals surface area contributed by atoms with Crippen molar-refractivity contribution >= 4 is 5.69 Å². The molecule has 0 aromatic carbocycles. The van der Waals surface area contributed by atoms with E-state index in [9.17, 15) is 0 Å². The van der Waals surface area contributed by atoms with Crippen molar-refractivity contribution in [3.05, 3.63) is 24.0 Å². The van der Waals surface area contributed by atoms with Gasteiger partial charge in [-0.2, -0.15) is 5.26 Å². The summed E-state index contributed by atoms with van der Waals surface area (Å²) in [4.78, 5) is 3.89. The van der Waals surface area contributed by atoms with Gasteiger partial charge in [-0.05, 0) is 26.0 Å². The first-order valence-corrected chi connectivity index (χ1v) is 4.72. The highest BCUT2D eigenvalue weighted by molar-refractivity contribution is 5.46. The Labute approximate surface area is 89.9 Å². The van der Waals surface area contributed by atoms with Gasteiger partial charge in [-0.3, -0.25) is 0 Å². The summed E-state index contributed by atoms with van der Waals surface area (Å²) in [5.74, 6) is 0. The first-order chi connectivity index (χ1) is 7.07. The molecule has 1 aromatic heterocycles. The number of ether oxygens (including phenoxy) is 1. The van der Waals surface area contributed by atoms with Crippen molar-refractivity contribution in [1.82, 2.24) is 4.98 Å². The molecule has 0 spiro atoms. The van der Waals surface area contributed by atoms with Crippen LogP contribution in [0.2, 0.25) is 0 Å². The second-order valence-corrected chi connectivity index (χ2v) is 3.86. The van der Waals surface area contributed by atoms with Crippen LogP contribution in [0, 0.1) is 11.3 Å². The van der Waals surface area contributed by atoms with Crippen molar-refractivity contribution in [2.75, 3.05) is 19.0 Å². The highest BCUT2D eigenvalue weighted by Crippen LogP contribution is 2.11. The summed E-state index contributed by atoms with van der Waals surface area (Å²) < 4.78 is 5.27. The lowest BCUT2D eigenvalue weighted by atomic mass is 10.1. The molecule has 0 fully saturated rings. The summed E-state index contributed by atoms with van der Waals surface area (Å²) >= 11 is 0. The van der Waals surface area contributed by atoms with Gasteiger partial charge in [-0.25, -0.2) is 4.98 Å². The summed E-state index contributed by atoms with van der Waals surface area (Å²) in [6, 6.07) is 5.54. The number of rotatable bonds is 4. The molecular weight excluding hydrogens is 190 g/mol. The summed E-state index contributed by atoms with van der Waals surface area (Å²) in [6.07, 6.45) is 1.61. The lowest BCUT2D eigenvalue weighted by molar-refractivity contribution is 0.0344. The molecule has 0 aliphatic carbocycles. The van der Waals surface area contributed by atoms with Crippen molar-refractivity contribution in [2.24, 2.45) is 0 Å². The molecular formula is C11H15N3O. The van der Waals surface area contributed by atoms with Crippen LogP contribution in [-0.4, -0.2) is 24.2 Å². The number of aromatic nitrogens is 1. The van der Waals surface area contributed by atoms with E-state index < -0.39 is 0 Å². The van der Waals surface area contributed by atoms with Gasteiger partial charge in [0.15, 0.2) is 0 Å². The second kappa shape index (κ2) is 4.76. The molecule has 0 saturated carbocycles. The SMILES string of the molecule is COC(C)(C)CNc1ccnc(C#N)c1. The monoisotopic (exact) mass is 205 g/mol. The standard InChI is InChI=1S/C11H15N3O/c1-11(2,15-3)8-14-9-4-5-13-10(6-9)7-12/h4-6H,8H2,1-3H3,(H,13,14). The zero-order valence-corrected chi connectivity index (χ0v) is 9.24. The molecule has 4 heteroatoms. The molecule has 0 unspecified atom stereocenters. The van der Waals surface area contributed by atoms with Gasteiger partial charge in [-0.1, -0.05) is 0 Å². The highest BCUT2D eigenvalue weighted by atomic mass is 16.5. The quantitative estimate of drug-likeness (QED) is 0.814. The molecule has 0 saturated heterocycles. The van der Waals surface area contributed by atoms with Gasteiger partial charge >= 0.3 is 0 Å². The van der Waals surface area contributed by atoms with E-state index in [1.54, 1.807) is 19.4 Å². The van der Waals surface area contributed by atoms with Gasteiger partial charge in [0.1, 0.15) is 11.8 Å². The number of methoxy groups -OCH3 is 1. The van der Waals surface area contributed by atoms with Crippen LogP contribution < -0.4 is 5.32 Å². The van der Waals surface area contributed by atoms with E-state index in [0.717, 1.165) is 5.69 Å². The Balaban J connectivity index is 2.62. The Morgan fingerprint density at radius 1 is 1.60 bits per heavy atom. The molecule has 0 bridgehead atoms. The molecule has 1 N–H and O–H groups in total. The third kappa shape index (κ3) is 3.56. The van der Waals surface area contributed by atoms with Crippen LogP contribution in [0.1, 0.15) is 19.5 Å². The Morgan fingerprint density at radius 3 is 2.93 bits per heavy atom. The molecule has 80 valence electrons. The van der Waals surface area contributed by atoms with Gasteiger partial charge < -0.3 is 10.1 Å². The van der Waals surface area contributed by atoms with Gasteiger partial charge in [0, 0.05) is 25.5 Å². The Kier molecular flexibility index (Phi) is 3.64. The number of hydrogen-bond donors (Lipinski definition) is 1. The largest absolute Gasteiger partial charge is 0.382 e. The molecule has 0 aliphatic rings. The Bertz CT molecular complexity index is 368. The molecule has 1 heterocycles. The zero-order valence-electron chi connectivity index (χ0n) is 9.24. The maximum absolute atomic E-state index is 8.67. The fourth-order valence-corrected chi connectivity index (χ4v) is 0.989. The van der Waals surface area contributed by atoms with Crippen LogP contribution in [0.15, 0.2) is 18.3 Å². The van der Waals surface area contributed by atoms with Crippen molar-refractivity contribution < 1.29 is 4.74 Å². The predicted octanol–water partition coefficient (Wildman–Crippen LogP) is 1.79. The molecule has 15 heavy (non-hydrogen) atoms. The van der Waals surface area contributed by atoms with E-state index in [0.29, 0.717) is 12.2 Å². The van der Waals surface area contributed by atoms with Crippen LogP contribution in [0.25, 0.3) is 0 Å². The minimum absolute atomic E-state index is 0.226. The van der Waals surface area contributed by atoms with E-state index in [1.807, 2.05) is 26.0 Å². The number of hydrogen-bond acceptors (Lipinski definition) is 4. The Hall–Kier alpha value is -1.60. The number of nitriles is 1. The fourth-order valence-electron chi connectivity index (χ4n) is 0.989. The highest BCUT2D eigenvalue weighted by Gasteiger charge is 2.15. The predicted molar refractivity (Wildman–Crippen MR) is 58.5 cm³/mol. The van der Waals surface area contributed by atoms with Crippen LogP contribution in [0.4, 0.5) is 5.69 Å². The number of pyridine rings is 1. The van der Waals surface area contributed by atoms with Gasteiger partial charge in [-0.15, -0.1) is 0 Å². The van der Waals surface area contributed by atoms with E-state index in [2.05, 4.69) is 10.3 Å². The summed E-state index contributed by atoms with van der Waals surface area (Å²) in [7, 11) is 1.68. The first kappa shape index (κ1) is 11.5. The molecule has 0 radical (unpaired) electrons. The second-order valence-electron chi connectivity index (χ2n) is 3.86. The van der Waals surface area contributed by atoms with E-state index in [-0.39, 0.29) is 5.60 Å². The van der Waals surface area contributed by atoms with Crippen LogP contribution in [0.3, 0.4) is 0 Å². The van der Waals surface area contributed by atoms with Crippen LogP contribution in [0.5, 0.6) is 0 Å². The topological polar surface area (TPSA) is 57.9 Å². The molecule has 0 amide bonds. The van der Waals surface area contributed by atoms with Gasteiger partial charge in [0.2, 0.25) is 0 Å². The van der Waals surface area contributed by atoms with Crippen molar-refractivity contribution in [3.8, 4) is 6.07 Å². The average molecular weight is 205 g/mol. The lowest BCUT2D eigenvalue weighted by Crippen LogP contribution is -2.32. The van der Waals surface area contributed by atoms with Crippen molar-refractivity contribution in [1.29, 1.82) is 5.26 Å². The van der Waals surface area contributed by atoms with Gasteiger partial charge in [0.25, 0.3) is 0 Å². The van der Waals surface area contributed by atoms with E-state index in [1.165, 1.54) is 0 Å². The smallest absolute Gasteiger partial charge is 0.142 e. The van der Waals surface area contributed by atoms with Crippen LogP contribution in [-0.2, 0) is 4.74 Å². The average Bonchev–Trinajstić information content (AvgIpc) is 2.27. The van der Waals surface area contributed by atoms with E-state index >= 15 is 0 Å². The van der Waals surface area contributed by atoms with Gasteiger partial charge in [0.05, 0.1) is 5.60 Å². The lowest BCUT2D eigenvalue weighted by Gasteiger charge is -2.23. The third-order valence-corrected chi connectivity index (χ3v) is 2.15. The first-order valence-electron chi connectivity index (χ1n) is 4.72. The maximum atomic E-state index is 8.67. The fraction of sp³-hybridized carbons (Fsp3) is 0.455. The minimum atomic E-state index is -0.226. The minimum Gasteiger partial charge on any atom is -0.382 e. The van der Waals surface area contributed by atoms with Crippen molar-refractivity contribution in [2.45, 2.75) is 19.4 Å². The van der Waals surface area contributed by atoms with Crippen LogP contribution >= 0.6 is 0 Å². The summed E-state index contributed by atoms with van der Waals surface area (Å²) in [5, 5.41) is 11.9. The number of nitrogens with zero attached hydrogens (tertiary/aromatic N) is 2. The van der Waals surface area contributed by atoms with E-state index in [4.69, 9.17) is 10.00 Å². The molecule has 0 atom stereocenters. The molecule has 1 rings (SSSR count). The normalized spacial score (nSPS) is 10.8. The molecule has 4 nitrogen and oxygen atoms in total. The molecule has 0 aliphatic heterocycles. The molecule has 1 aromatic rings. The Morgan fingerprint density at radius 2 is 2.33 bits per heavy atom. The third-order valence-electron chi connectivity index (χ3n) is 2.15. The number of anilines is 1.